The lowest BCUT2D eigenvalue weighted by atomic mass is 9.87. The third-order valence-corrected chi connectivity index (χ3v) is 3.62. The molecule has 3 nitrogen and oxygen atoms in total. The van der Waals surface area contributed by atoms with Gasteiger partial charge in [0, 0.05) is 5.92 Å². The molecule has 0 aliphatic carbocycles. The van der Waals surface area contributed by atoms with Crippen LogP contribution < -0.4 is 0 Å². The SMILES string of the molecule is CCOC(=O)CC(=O)C(CC)c1cccc2ccccc12. The number of benzene rings is 2. The molecule has 0 fully saturated rings. The normalized spacial score (nSPS) is 12.1. The summed E-state index contributed by atoms with van der Waals surface area (Å²) in [6, 6.07) is 14.0. The first-order valence-electron chi connectivity index (χ1n) is 7.33. The molecule has 0 N–H and O–H groups in total. The van der Waals surface area contributed by atoms with Crippen molar-refractivity contribution in [1.82, 2.24) is 0 Å². The number of fused-ring (bicyclic) bond motifs is 1. The number of hydrogen-bond donors (Lipinski definition) is 0. The van der Waals surface area contributed by atoms with Crippen LogP contribution in [0.15, 0.2) is 42.5 Å². The average Bonchev–Trinajstić information content (AvgIpc) is 2.48. The number of carbonyl (C=O) groups excluding carboxylic acids is 2. The number of ketones is 1. The van der Waals surface area contributed by atoms with Crippen molar-refractivity contribution in [3.63, 3.8) is 0 Å². The topological polar surface area (TPSA) is 43.4 Å². The Morgan fingerprint density at radius 3 is 2.48 bits per heavy atom. The Morgan fingerprint density at radius 1 is 1.05 bits per heavy atom. The van der Waals surface area contributed by atoms with Crippen LogP contribution in [0.3, 0.4) is 0 Å². The molecule has 0 aliphatic heterocycles. The van der Waals surface area contributed by atoms with Gasteiger partial charge in [-0.05, 0) is 29.7 Å². The van der Waals surface area contributed by atoms with Gasteiger partial charge in [0.2, 0.25) is 0 Å². The van der Waals surface area contributed by atoms with Crippen LogP contribution in [0.2, 0.25) is 0 Å². The van der Waals surface area contributed by atoms with E-state index in [0.29, 0.717) is 13.0 Å². The molecule has 21 heavy (non-hydrogen) atoms. The molecule has 3 heteroatoms. The predicted molar refractivity (Wildman–Crippen MR) is 83.2 cm³/mol. The van der Waals surface area contributed by atoms with Gasteiger partial charge in [-0.25, -0.2) is 0 Å². The third-order valence-electron chi connectivity index (χ3n) is 3.62. The summed E-state index contributed by atoms with van der Waals surface area (Å²) in [6.45, 7) is 4.01. The summed E-state index contributed by atoms with van der Waals surface area (Å²) in [4.78, 5) is 23.9. The summed E-state index contributed by atoms with van der Waals surface area (Å²) in [5, 5.41) is 2.18. The van der Waals surface area contributed by atoms with E-state index in [0.717, 1.165) is 16.3 Å². The lowest BCUT2D eigenvalue weighted by Gasteiger charge is -2.16. The van der Waals surface area contributed by atoms with Gasteiger partial charge in [0.1, 0.15) is 6.42 Å². The Kier molecular flexibility index (Phi) is 5.09. The van der Waals surface area contributed by atoms with E-state index in [1.165, 1.54) is 0 Å². The van der Waals surface area contributed by atoms with Crippen LogP contribution in [0, 0.1) is 0 Å². The van der Waals surface area contributed by atoms with Crippen molar-refractivity contribution in [3.05, 3.63) is 48.0 Å². The van der Waals surface area contributed by atoms with Gasteiger partial charge < -0.3 is 4.74 Å². The van der Waals surface area contributed by atoms with E-state index in [1.54, 1.807) is 6.92 Å². The Morgan fingerprint density at radius 2 is 1.76 bits per heavy atom. The minimum Gasteiger partial charge on any atom is -0.466 e. The summed E-state index contributed by atoms with van der Waals surface area (Å²) in [6.07, 6.45) is 0.516. The second-order valence-electron chi connectivity index (χ2n) is 4.98. The Bertz CT molecular complexity index is 640. The highest BCUT2D eigenvalue weighted by atomic mass is 16.5. The van der Waals surface area contributed by atoms with Crippen LogP contribution in [-0.4, -0.2) is 18.4 Å². The van der Waals surface area contributed by atoms with Crippen LogP contribution in [0.25, 0.3) is 10.8 Å². The summed E-state index contributed by atoms with van der Waals surface area (Å²) in [7, 11) is 0. The summed E-state index contributed by atoms with van der Waals surface area (Å²) >= 11 is 0. The van der Waals surface area contributed by atoms with E-state index in [2.05, 4.69) is 0 Å². The molecule has 0 bridgehead atoms. The Labute approximate surface area is 124 Å². The van der Waals surface area contributed by atoms with Crippen molar-refractivity contribution in [2.75, 3.05) is 6.61 Å². The first kappa shape index (κ1) is 15.2. The number of ether oxygens (including phenoxy) is 1. The van der Waals surface area contributed by atoms with Crippen LogP contribution in [-0.2, 0) is 14.3 Å². The molecule has 110 valence electrons. The molecule has 2 aromatic carbocycles. The Balaban J connectivity index is 2.31. The maximum atomic E-state index is 12.4. The maximum absolute atomic E-state index is 12.4. The van der Waals surface area contributed by atoms with Crippen LogP contribution >= 0.6 is 0 Å². The monoisotopic (exact) mass is 284 g/mol. The summed E-state index contributed by atoms with van der Waals surface area (Å²) in [5.74, 6) is -0.783. The van der Waals surface area contributed by atoms with Gasteiger partial charge in [-0.1, -0.05) is 49.4 Å². The largest absolute Gasteiger partial charge is 0.466 e. The fourth-order valence-electron chi connectivity index (χ4n) is 2.65. The zero-order chi connectivity index (χ0) is 15.2. The maximum Gasteiger partial charge on any atom is 0.313 e. The van der Waals surface area contributed by atoms with Gasteiger partial charge in [0.05, 0.1) is 6.61 Å². The van der Waals surface area contributed by atoms with Crippen molar-refractivity contribution < 1.29 is 14.3 Å². The minimum atomic E-state index is -0.443. The van der Waals surface area contributed by atoms with Crippen molar-refractivity contribution in [3.8, 4) is 0 Å². The zero-order valence-electron chi connectivity index (χ0n) is 12.5. The molecule has 0 aromatic heterocycles. The Hall–Kier alpha value is -2.16. The zero-order valence-corrected chi connectivity index (χ0v) is 12.5. The molecule has 0 radical (unpaired) electrons. The van der Waals surface area contributed by atoms with Gasteiger partial charge in [-0.3, -0.25) is 9.59 Å². The van der Waals surface area contributed by atoms with Gasteiger partial charge in [-0.2, -0.15) is 0 Å². The molecule has 0 saturated carbocycles. The van der Waals surface area contributed by atoms with E-state index >= 15 is 0 Å². The first-order valence-corrected chi connectivity index (χ1v) is 7.33. The molecule has 1 unspecified atom stereocenters. The molecule has 0 aliphatic rings. The lowest BCUT2D eigenvalue weighted by Crippen LogP contribution is -2.18. The molecule has 2 aromatic rings. The summed E-state index contributed by atoms with van der Waals surface area (Å²) < 4.78 is 4.87. The smallest absolute Gasteiger partial charge is 0.313 e. The fourth-order valence-corrected chi connectivity index (χ4v) is 2.65. The van der Waals surface area contributed by atoms with Crippen molar-refractivity contribution >= 4 is 22.5 Å². The quantitative estimate of drug-likeness (QED) is 0.597. The second-order valence-corrected chi connectivity index (χ2v) is 4.98. The standard InChI is InChI=1S/C18H20O3/c1-3-14(17(19)12-18(20)21-4-2)16-11-7-9-13-8-5-6-10-15(13)16/h5-11,14H,3-4,12H2,1-2H3. The van der Waals surface area contributed by atoms with E-state index in [4.69, 9.17) is 4.74 Å². The van der Waals surface area contributed by atoms with Crippen molar-refractivity contribution in [1.29, 1.82) is 0 Å². The first-order chi connectivity index (χ1) is 10.2. The molecule has 1 atom stereocenters. The second kappa shape index (κ2) is 7.02. The number of rotatable bonds is 6. The molecule has 0 heterocycles. The van der Waals surface area contributed by atoms with E-state index in [-0.39, 0.29) is 18.1 Å². The van der Waals surface area contributed by atoms with Crippen molar-refractivity contribution in [2.24, 2.45) is 0 Å². The highest BCUT2D eigenvalue weighted by molar-refractivity contribution is 6.01. The van der Waals surface area contributed by atoms with E-state index in [9.17, 15) is 9.59 Å². The van der Waals surface area contributed by atoms with Crippen molar-refractivity contribution in [2.45, 2.75) is 32.6 Å². The van der Waals surface area contributed by atoms with Gasteiger partial charge >= 0.3 is 5.97 Å². The van der Waals surface area contributed by atoms with Gasteiger partial charge in [-0.15, -0.1) is 0 Å². The third kappa shape index (κ3) is 3.48. The minimum absolute atomic E-state index is 0.0766. The predicted octanol–water partition coefficient (Wildman–Crippen LogP) is 3.86. The molecular weight excluding hydrogens is 264 g/mol. The van der Waals surface area contributed by atoms with E-state index < -0.39 is 5.97 Å². The van der Waals surface area contributed by atoms with Gasteiger partial charge in [0.25, 0.3) is 0 Å². The fraction of sp³-hybridized carbons (Fsp3) is 0.333. The molecule has 0 spiro atoms. The molecule has 0 saturated heterocycles. The van der Waals surface area contributed by atoms with Crippen LogP contribution in [0.1, 0.15) is 38.2 Å². The van der Waals surface area contributed by atoms with Gasteiger partial charge in [0.15, 0.2) is 5.78 Å². The average molecular weight is 284 g/mol. The number of carbonyl (C=O) groups is 2. The van der Waals surface area contributed by atoms with Crippen LogP contribution in [0.4, 0.5) is 0 Å². The number of esters is 1. The van der Waals surface area contributed by atoms with Crippen LogP contribution in [0.5, 0.6) is 0 Å². The summed E-state index contributed by atoms with van der Waals surface area (Å²) in [5.41, 5.74) is 0.991. The molecule has 2 rings (SSSR count). The number of hydrogen-bond acceptors (Lipinski definition) is 3. The van der Waals surface area contributed by atoms with E-state index in [1.807, 2.05) is 49.4 Å². The highest BCUT2D eigenvalue weighted by Gasteiger charge is 2.23. The number of Topliss-reactive ketones (excluding diaryl/α,β-unsaturated/α-hetero) is 1. The molecular formula is C18H20O3. The highest BCUT2D eigenvalue weighted by Crippen LogP contribution is 2.29. The lowest BCUT2D eigenvalue weighted by molar-refractivity contribution is -0.145. The molecule has 0 amide bonds.